The highest BCUT2D eigenvalue weighted by Gasteiger charge is 2.23. The van der Waals surface area contributed by atoms with Crippen molar-refractivity contribution in [2.45, 2.75) is 17.4 Å². The van der Waals surface area contributed by atoms with Gasteiger partial charge in [-0.05, 0) is 30.7 Å². The van der Waals surface area contributed by atoms with Gasteiger partial charge in [0.05, 0.1) is 5.60 Å². The summed E-state index contributed by atoms with van der Waals surface area (Å²) in [4.78, 5) is 0.776. The lowest BCUT2D eigenvalue weighted by atomic mass is 9.99. The molecule has 0 aromatic heterocycles. The Morgan fingerprint density at radius 3 is 2.53 bits per heavy atom. The number of hydrogen-bond donors (Lipinski definition) is 2. The molecule has 0 radical (unpaired) electrons. The van der Waals surface area contributed by atoms with E-state index >= 15 is 0 Å². The van der Waals surface area contributed by atoms with Gasteiger partial charge in [0.25, 0.3) is 0 Å². The summed E-state index contributed by atoms with van der Waals surface area (Å²) in [6.45, 7) is 1.76. The van der Waals surface area contributed by atoms with Gasteiger partial charge in [-0.3, -0.25) is 0 Å². The molecule has 0 bridgehead atoms. The second-order valence-corrected chi connectivity index (χ2v) is 5.63. The molecule has 2 aromatic rings. The number of anilines is 1. The van der Waals surface area contributed by atoms with Crippen LogP contribution in [0.5, 0.6) is 0 Å². The van der Waals surface area contributed by atoms with Crippen molar-refractivity contribution < 1.29 is 9.50 Å². The largest absolute Gasteiger partial charge is 0.398 e. The van der Waals surface area contributed by atoms with E-state index in [9.17, 15) is 9.50 Å². The Labute approximate surface area is 116 Å². The van der Waals surface area contributed by atoms with Gasteiger partial charge in [-0.25, -0.2) is 4.39 Å². The summed E-state index contributed by atoms with van der Waals surface area (Å²) in [5.41, 5.74) is 6.04. The number of thioether (sulfide) groups is 1. The van der Waals surface area contributed by atoms with Crippen molar-refractivity contribution in [2.24, 2.45) is 0 Å². The minimum absolute atomic E-state index is 0.350. The van der Waals surface area contributed by atoms with Crippen LogP contribution in [0.1, 0.15) is 12.5 Å². The van der Waals surface area contributed by atoms with E-state index < -0.39 is 5.60 Å². The SMILES string of the molecule is CC(O)(CSc1ccc(F)cc1N)c1ccccc1. The molecule has 4 heteroatoms. The number of hydrogen-bond acceptors (Lipinski definition) is 3. The van der Waals surface area contributed by atoms with E-state index in [2.05, 4.69) is 0 Å². The van der Waals surface area contributed by atoms with Crippen LogP contribution in [0.2, 0.25) is 0 Å². The second-order valence-electron chi connectivity index (χ2n) is 4.61. The first-order chi connectivity index (χ1) is 8.99. The number of benzene rings is 2. The van der Waals surface area contributed by atoms with Gasteiger partial charge < -0.3 is 10.8 Å². The number of rotatable bonds is 4. The molecule has 3 N–H and O–H groups in total. The van der Waals surface area contributed by atoms with Crippen LogP contribution < -0.4 is 5.73 Å². The molecule has 2 nitrogen and oxygen atoms in total. The molecular weight excluding hydrogens is 261 g/mol. The number of nitrogen functional groups attached to an aromatic ring is 1. The molecule has 0 aliphatic heterocycles. The first-order valence-corrected chi connectivity index (χ1v) is 6.93. The van der Waals surface area contributed by atoms with Crippen LogP contribution in [0.3, 0.4) is 0 Å². The van der Waals surface area contributed by atoms with Crippen LogP contribution in [0, 0.1) is 5.82 Å². The molecule has 0 heterocycles. The quantitative estimate of drug-likeness (QED) is 0.665. The molecule has 19 heavy (non-hydrogen) atoms. The van der Waals surface area contributed by atoms with Gasteiger partial charge in [-0.2, -0.15) is 0 Å². The zero-order valence-corrected chi connectivity index (χ0v) is 11.5. The molecule has 1 unspecified atom stereocenters. The van der Waals surface area contributed by atoms with Crippen LogP contribution >= 0.6 is 11.8 Å². The summed E-state index contributed by atoms with van der Waals surface area (Å²) in [5.74, 6) is 0.101. The van der Waals surface area contributed by atoms with Crippen LogP contribution in [0.15, 0.2) is 53.4 Å². The van der Waals surface area contributed by atoms with E-state index in [4.69, 9.17) is 5.73 Å². The minimum Gasteiger partial charge on any atom is -0.398 e. The molecule has 0 aliphatic carbocycles. The normalized spacial score (nSPS) is 14.1. The average molecular weight is 277 g/mol. The van der Waals surface area contributed by atoms with Crippen molar-refractivity contribution in [3.8, 4) is 0 Å². The lowest BCUT2D eigenvalue weighted by Crippen LogP contribution is -2.24. The summed E-state index contributed by atoms with van der Waals surface area (Å²) in [6, 6.07) is 13.8. The highest BCUT2D eigenvalue weighted by Crippen LogP contribution is 2.32. The molecule has 0 aliphatic rings. The van der Waals surface area contributed by atoms with Crippen molar-refractivity contribution in [3.05, 3.63) is 59.9 Å². The van der Waals surface area contributed by atoms with Gasteiger partial charge in [0.2, 0.25) is 0 Å². The molecule has 0 saturated carbocycles. The number of aliphatic hydroxyl groups is 1. The molecule has 2 aromatic carbocycles. The van der Waals surface area contributed by atoms with Crippen LogP contribution in [-0.4, -0.2) is 10.9 Å². The van der Waals surface area contributed by atoms with Crippen molar-refractivity contribution in [3.63, 3.8) is 0 Å². The summed E-state index contributed by atoms with van der Waals surface area (Å²) >= 11 is 1.42. The van der Waals surface area contributed by atoms with E-state index in [-0.39, 0.29) is 5.82 Å². The van der Waals surface area contributed by atoms with Crippen molar-refractivity contribution >= 4 is 17.4 Å². The van der Waals surface area contributed by atoms with Gasteiger partial charge in [0, 0.05) is 16.3 Å². The van der Waals surface area contributed by atoms with Crippen molar-refractivity contribution in [2.75, 3.05) is 11.5 Å². The summed E-state index contributed by atoms with van der Waals surface area (Å²) in [7, 11) is 0. The molecular formula is C15H16FNOS. The smallest absolute Gasteiger partial charge is 0.125 e. The Hall–Kier alpha value is -1.52. The molecule has 0 fully saturated rings. The zero-order chi connectivity index (χ0) is 13.9. The van der Waals surface area contributed by atoms with E-state index in [0.29, 0.717) is 11.4 Å². The molecule has 0 saturated heterocycles. The molecule has 0 spiro atoms. The predicted octanol–water partition coefficient (Wildman–Crippen LogP) is 3.41. The van der Waals surface area contributed by atoms with Crippen LogP contribution in [-0.2, 0) is 5.60 Å². The Morgan fingerprint density at radius 2 is 1.89 bits per heavy atom. The van der Waals surface area contributed by atoms with E-state index in [1.54, 1.807) is 13.0 Å². The highest BCUT2D eigenvalue weighted by molar-refractivity contribution is 7.99. The van der Waals surface area contributed by atoms with Crippen molar-refractivity contribution in [1.82, 2.24) is 0 Å². The molecule has 2 rings (SSSR count). The fraction of sp³-hybridized carbons (Fsp3) is 0.200. The van der Waals surface area contributed by atoms with Gasteiger partial charge in [0.15, 0.2) is 0 Å². The lowest BCUT2D eigenvalue weighted by Gasteiger charge is -2.23. The molecule has 100 valence electrons. The Morgan fingerprint density at radius 1 is 1.21 bits per heavy atom. The fourth-order valence-electron chi connectivity index (χ4n) is 1.75. The topological polar surface area (TPSA) is 46.2 Å². The summed E-state index contributed by atoms with van der Waals surface area (Å²) in [5, 5.41) is 10.5. The van der Waals surface area contributed by atoms with E-state index in [1.165, 1.54) is 23.9 Å². The lowest BCUT2D eigenvalue weighted by molar-refractivity contribution is 0.0839. The third-order valence-electron chi connectivity index (χ3n) is 2.88. The third kappa shape index (κ3) is 3.49. The van der Waals surface area contributed by atoms with Crippen molar-refractivity contribution in [1.29, 1.82) is 0 Å². The van der Waals surface area contributed by atoms with Gasteiger partial charge in [0.1, 0.15) is 5.82 Å². The Balaban J connectivity index is 2.09. The molecule has 1 atom stereocenters. The highest BCUT2D eigenvalue weighted by atomic mass is 32.2. The number of nitrogens with two attached hydrogens (primary N) is 1. The van der Waals surface area contributed by atoms with Gasteiger partial charge in [-0.1, -0.05) is 30.3 Å². The average Bonchev–Trinajstić information content (AvgIpc) is 2.39. The zero-order valence-electron chi connectivity index (χ0n) is 10.6. The first-order valence-electron chi connectivity index (χ1n) is 5.95. The third-order valence-corrected chi connectivity index (χ3v) is 4.27. The van der Waals surface area contributed by atoms with E-state index in [0.717, 1.165) is 10.5 Å². The monoisotopic (exact) mass is 277 g/mol. The fourth-order valence-corrected chi connectivity index (χ4v) is 2.74. The van der Waals surface area contributed by atoms with Crippen LogP contribution in [0.4, 0.5) is 10.1 Å². The second kappa shape index (κ2) is 5.63. The first kappa shape index (κ1) is 13.9. The summed E-state index contributed by atoms with van der Waals surface area (Å²) < 4.78 is 12.9. The standard InChI is InChI=1S/C15H16FNOS/c1-15(18,11-5-3-2-4-6-11)10-19-14-8-7-12(16)9-13(14)17/h2-9,18H,10,17H2,1H3. The maximum absolute atomic E-state index is 12.9. The van der Waals surface area contributed by atoms with Gasteiger partial charge >= 0.3 is 0 Å². The summed E-state index contributed by atoms with van der Waals surface area (Å²) in [6.07, 6.45) is 0. The maximum Gasteiger partial charge on any atom is 0.125 e. The van der Waals surface area contributed by atoms with E-state index in [1.807, 2.05) is 30.3 Å². The number of halogens is 1. The maximum atomic E-state index is 12.9. The predicted molar refractivity (Wildman–Crippen MR) is 77.5 cm³/mol. The minimum atomic E-state index is -0.952. The Bertz CT molecular complexity index is 557. The van der Waals surface area contributed by atoms with Gasteiger partial charge in [-0.15, -0.1) is 11.8 Å². The molecule has 0 amide bonds. The van der Waals surface area contributed by atoms with Crippen LogP contribution in [0.25, 0.3) is 0 Å². The Kier molecular flexibility index (Phi) is 4.12.